The lowest BCUT2D eigenvalue weighted by Gasteiger charge is -2.28. The first kappa shape index (κ1) is 29.3. The van der Waals surface area contributed by atoms with E-state index in [9.17, 15) is 14.7 Å². The normalized spacial score (nSPS) is 16.7. The van der Waals surface area contributed by atoms with E-state index < -0.39 is 24.3 Å². The zero-order valence-corrected chi connectivity index (χ0v) is 22.8. The van der Waals surface area contributed by atoms with Gasteiger partial charge >= 0.3 is 12.0 Å². The Morgan fingerprint density at radius 3 is 2.56 bits per heavy atom. The van der Waals surface area contributed by atoms with Crippen molar-refractivity contribution in [2.24, 2.45) is 5.10 Å². The second-order valence-electron chi connectivity index (χ2n) is 8.82. The molecule has 2 aromatic carbocycles. The number of esters is 1. The number of carbonyl (C=O) groups excluding carboxylic acids is 2. The Bertz CT molecular complexity index is 1200. The van der Waals surface area contributed by atoms with Gasteiger partial charge in [-0.2, -0.15) is 5.10 Å². The maximum absolute atomic E-state index is 12.4. The number of hydrazone groups is 1. The molecule has 2 amide bonds. The van der Waals surface area contributed by atoms with Crippen LogP contribution in [0.2, 0.25) is 0 Å². The standard InChI is InChI=1S/C28H36N4O7/c1-6-17(3)39-21-11-8-19(9-12-21)15-29-32-24(33)16-38-22-13-10-20(14-23(22)37-7-2)26-25(27(34)36-5)18(4)30-28(35)31-26/h8-15,17,24,26,32-33H,6-7,16H2,1-5H3,(H2,30,31,35)/b29-15-/t17-,24-,26-/m0/s1. The third kappa shape index (κ3) is 8.11. The molecule has 1 heterocycles. The first-order chi connectivity index (χ1) is 18.7. The van der Waals surface area contributed by atoms with Crippen molar-refractivity contribution in [3.8, 4) is 17.2 Å². The van der Waals surface area contributed by atoms with E-state index in [4.69, 9.17) is 18.9 Å². The van der Waals surface area contributed by atoms with Gasteiger partial charge in [-0.3, -0.25) is 5.43 Å². The Kier molecular flexibility index (Phi) is 10.6. The molecule has 0 aliphatic carbocycles. The molecule has 11 heteroatoms. The molecule has 0 fully saturated rings. The van der Waals surface area contributed by atoms with Crippen molar-refractivity contribution < 1.29 is 33.6 Å². The van der Waals surface area contributed by atoms with Gasteiger partial charge in [0.05, 0.1) is 37.7 Å². The molecule has 210 valence electrons. The molecular formula is C28H36N4O7. The fraction of sp³-hybridized carbons (Fsp3) is 0.393. The predicted molar refractivity (Wildman–Crippen MR) is 146 cm³/mol. The van der Waals surface area contributed by atoms with Crippen molar-refractivity contribution in [3.63, 3.8) is 0 Å². The zero-order valence-electron chi connectivity index (χ0n) is 22.8. The molecule has 0 bridgehead atoms. The van der Waals surface area contributed by atoms with Crippen molar-refractivity contribution in [1.29, 1.82) is 0 Å². The van der Waals surface area contributed by atoms with Crippen LogP contribution in [-0.4, -0.2) is 56.0 Å². The van der Waals surface area contributed by atoms with E-state index >= 15 is 0 Å². The second-order valence-corrected chi connectivity index (χ2v) is 8.82. The number of allylic oxidation sites excluding steroid dienone is 1. The zero-order chi connectivity index (χ0) is 28.4. The van der Waals surface area contributed by atoms with Crippen LogP contribution in [0.25, 0.3) is 0 Å². The summed E-state index contributed by atoms with van der Waals surface area (Å²) in [7, 11) is 1.28. The maximum Gasteiger partial charge on any atom is 0.337 e. The Morgan fingerprint density at radius 1 is 1.15 bits per heavy atom. The summed E-state index contributed by atoms with van der Waals surface area (Å²) in [5, 5.41) is 19.7. The average Bonchev–Trinajstić information content (AvgIpc) is 2.92. The van der Waals surface area contributed by atoms with Gasteiger partial charge in [-0.1, -0.05) is 13.0 Å². The molecule has 1 aliphatic rings. The van der Waals surface area contributed by atoms with Gasteiger partial charge < -0.3 is 34.7 Å². The van der Waals surface area contributed by atoms with E-state index in [0.29, 0.717) is 29.4 Å². The molecule has 1 aliphatic heterocycles. The summed E-state index contributed by atoms with van der Waals surface area (Å²) >= 11 is 0. The van der Waals surface area contributed by atoms with Crippen molar-refractivity contribution in [2.45, 2.75) is 52.5 Å². The third-order valence-electron chi connectivity index (χ3n) is 5.90. The highest BCUT2D eigenvalue weighted by Crippen LogP contribution is 2.34. The lowest BCUT2D eigenvalue weighted by atomic mass is 9.95. The number of hydrogen-bond acceptors (Lipinski definition) is 9. The number of nitrogens with one attached hydrogen (secondary N) is 3. The number of ether oxygens (including phenoxy) is 4. The molecule has 0 unspecified atom stereocenters. The molecule has 0 radical (unpaired) electrons. The summed E-state index contributed by atoms with van der Waals surface area (Å²) < 4.78 is 22.2. The van der Waals surface area contributed by atoms with Gasteiger partial charge in [-0.15, -0.1) is 0 Å². The number of carbonyl (C=O) groups is 2. The minimum Gasteiger partial charge on any atom is -0.491 e. The lowest BCUT2D eigenvalue weighted by molar-refractivity contribution is -0.136. The SMILES string of the molecule is CCOc1cc([C@@H]2NC(=O)NC(C)=C2C(=O)OC)ccc1OC[C@H](O)N/N=C\c1ccc(O[C@@H](C)CC)cc1. The van der Waals surface area contributed by atoms with Crippen LogP contribution in [0.15, 0.2) is 58.8 Å². The van der Waals surface area contributed by atoms with Gasteiger partial charge in [0.15, 0.2) is 17.7 Å². The van der Waals surface area contributed by atoms with E-state index in [1.165, 1.54) is 7.11 Å². The summed E-state index contributed by atoms with van der Waals surface area (Å²) in [5.41, 5.74) is 4.74. The first-order valence-corrected chi connectivity index (χ1v) is 12.7. The summed E-state index contributed by atoms with van der Waals surface area (Å²) in [6.45, 7) is 7.77. The minimum absolute atomic E-state index is 0.116. The fourth-order valence-electron chi connectivity index (χ4n) is 3.77. The van der Waals surface area contributed by atoms with Crippen LogP contribution in [0.1, 0.15) is 51.3 Å². The number of nitrogens with zero attached hydrogens (tertiary/aromatic N) is 1. The molecule has 0 saturated carbocycles. The molecule has 3 atom stereocenters. The maximum atomic E-state index is 12.4. The largest absolute Gasteiger partial charge is 0.491 e. The quantitative estimate of drug-likeness (QED) is 0.131. The van der Waals surface area contributed by atoms with Gasteiger partial charge in [0.2, 0.25) is 0 Å². The highest BCUT2D eigenvalue weighted by Gasteiger charge is 2.32. The van der Waals surface area contributed by atoms with Crippen molar-refractivity contribution in [3.05, 3.63) is 64.9 Å². The van der Waals surface area contributed by atoms with Crippen LogP contribution < -0.4 is 30.3 Å². The Balaban J connectivity index is 1.63. The first-order valence-electron chi connectivity index (χ1n) is 12.7. The van der Waals surface area contributed by atoms with Crippen LogP contribution >= 0.6 is 0 Å². The number of hydrogen-bond donors (Lipinski definition) is 4. The van der Waals surface area contributed by atoms with Gasteiger partial charge in [0, 0.05) is 5.70 Å². The number of aliphatic hydroxyl groups is 1. The fourth-order valence-corrected chi connectivity index (χ4v) is 3.77. The molecule has 3 rings (SSSR count). The molecule has 0 saturated heterocycles. The van der Waals surface area contributed by atoms with E-state index in [1.54, 1.807) is 31.3 Å². The van der Waals surface area contributed by atoms with Crippen molar-refractivity contribution in [1.82, 2.24) is 16.1 Å². The van der Waals surface area contributed by atoms with Crippen LogP contribution in [0.5, 0.6) is 17.2 Å². The highest BCUT2D eigenvalue weighted by molar-refractivity contribution is 5.95. The van der Waals surface area contributed by atoms with Gasteiger partial charge in [-0.25, -0.2) is 9.59 Å². The smallest absolute Gasteiger partial charge is 0.337 e. The topological polar surface area (TPSA) is 140 Å². The lowest BCUT2D eigenvalue weighted by Crippen LogP contribution is -2.45. The van der Waals surface area contributed by atoms with Crippen LogP contribution in [0, 0.1) is 0 Å². The van der Waals surface area contributed by atoms with Crippen LogP contribution in [0.3, 0.4) is 0 Å². The van der Waals surface area contributed by atoms with Gasteiger partial charge in [0.25, 0.3) is 0 Å². The van der Waals surface area contributed by atoms with E-state index in [-0.39, 0.29) is 18.3 Å². The number of amides is 2. The Hall–Kier alpha value is -4.25. The summed E-state index contributed by atoms with van der Waals surface area (Å²) in [6.07, 6.45) is 1.55. The Labute approximate surface area is 228 Å². The summed E-state index contributed by atoms with van der Waals surface area (Å²) in [4.78, 5) is 24.5. The van der Waals surface area contributed by atoms with Gasteiger partial charge in [-0.05, 0) is 74.7 Å². The molecule has 4 N–H and O–H groups in total. The minimum atomic E-state index is -1.09. The molecule has 11 nitrogen and oxygen atoms in total. The molecule has 0 aromatic heterocycles. The summed E-state index contributed by atoms with van der Waals surface area (Å²) in [6, 6.07) is 11.3. The monoisotopic (exact) mass is 540 g/mol. The number of methoxy groups -OCH3 is 1. The van der Waals surface area contributed by atoms with E-state index in [1.807, 2.05) is 38.1 Å². The van der Waals surface area contributed by atoms with E-state index in [2.05, 4.69) is 28.1 Å². The molecule has 39 heavy (non-hydrogen) atoms. The predicted octanol–water partition coefficient (Wildman–Crippen LogP) is 3.38. The highest BCUT2D eigenvalue weighted by atomic mass is 16.5. The third-order valence-corrected chi connectivity index (χ3v) is 5.90. The number of benzene rings is 2. The molecule has 0 spiro atoms. The number of urea groups is 1. The average molecular weight is 541 g/mol. The summed E-state index contributed by atoms with van der Waals surface area (Å²) in [5.74, 6) is 0.991. The molecular weight excluding hydrogens is 504 g/mol. The van der Waals surface area contributed by atoms with Crippen LogP contribution in [0.4, 0.5) is 4.79 Å². The van der Waals surface area contributed by atoms with Gasteiger partial charge in [0.1, 0.15) is 12.4 Å². The molecule has 2 aromatic rings. The van der Waals surface area contributed by atoms with Crippen molar-refractivity contribution in [2.75, 3.05) is 20.3 Å². The van der Waals surface area contributed by atoms with Crippen molar-refractivity contribution >= 4 is 18.2 Å². The number of aliphatic hydroxyl groups excluding tert-OH is 1. The van der Waals surface area contributed by atoms with Crippen LogP contribution in [-0.2, 0) is 9.53 Å². The number of rotatable bonds is 13. The van der Waals surface area contributed by atoms with E-state index in [0.717, 1.165) is 17.7 Å². The second kappa shape index (κ2) is 14.1. The Morgan fingerprint density at radius 2 is 1.90 bits per heavy atom.